The minimum Gasteiger partial charge on any atom is -0.483 e. The molecule has 0 atom stereocenters. The lowest BCUT2D eigenvalue weighted by Crippen LogP contribution is -2.04. The first-order chi connectivity index (χ1) is 11.2. The topological polar surface area (TPSA) is 122 Å². The highest BCUT2D eigenvalue weighted by atomic mass is 16.3. The molecule has 0 unspecified atom stereocenters. The number of hydrogen-bond donors (Lipinski definition) is 3. The number of carboxylic acid groups (broad SMARTS) is 1. The van der Waals surface area contributed by atoms with Crippen molar-refractivity contribution in [3.05, 3.63) is 30.0 Å². The van der Waals surface area contributed by atoms with E-state index in [4.69, 9.17) is 9.90 Å². The van der Waals surface area contributed by atoms with Crippen LogP contribution in [-0.4, -0.2) is 41.3 Å². The zero-order valence-corrected chi connectivity index (χ0v) is 12.6. The lowest BCUT2D eigenvalue weighted by Gasteiger charge is -2.02. The number of nitrogens with one attached hydrogen (secondary N) is 2. The normalized spacial score (nSPS) is 13.4. The molecule has 0 bridgehead atoms. The largest absolute Gasteiger partial charge is 0.483 e. The molecular weight excluding hydrogens is 298 g/mol. The first kappa shape index (κ1) is 14.9. The Labute approximate surface area is 131 Å². The Balaban J connectivity index is 0.000000485. The van der Waals surface area contributed by atoms with Crippen LogP contribution in [0.4, 0.5) is 5.95 Å². The van der Waals surface area contributed by atoms with Crippen LogP contribution >= 0.6 is 0 Å². The number of aryl methyl sites for hydroxylation is 1. The van der Waals surface area contributed by atoms with E-state index in [1.165, 1.54) is 18.5 Å². The molecule has 0 saturated heterocycles. The number of rotatable bonds is 4. The van der Waals surface area contributed by atoms with Crippen LogP contribution in [0.2, 0.25) is 0 Å². The van der Waals surface area contributed by atoms with Gasteiger partial charge in [0.15, 0.2) is 5.65 Å². The molecule has 0 spiro atoms. The summed E-state index contributed by atoms with van der Waals surface area (Å²) >= 11 is 0. The summed E-state index contributed by atoms with van der Waals surface area (Å²) in [5, 5.41) is 17.5. The smallest absolute Gasteiger partial charge is 0.290 e. The summed E-state index contributed by atoms with van der Waals surface area (Å²) in [5.74, 6) is 1.25. The molecular formula is C14H17N7O2. The molecule has 23 heavy (non-hydrogen) atoms. The third-order valence-corrected chi connectivity index (χ3v) is 3.57. The standard InChI is InChI=1S/C13H15N7.CH2O2/c1-20-7-16-12-11(20)6-15-13(17-12)14-5-9-4-10(19-18-9)8-2-3-8;2-1-3/h4,6-8H,2-3,5H2,1H3,(H,18,19)(H,14,15,17);1H,(H,2,3). The maximum absolute atomic E-state index is 8.36. The molecule has 3 heterocycles. The quantitative estimate of drug-likeness (QED) is 0.620. The fraction of sp³-hybridized carbons (Fsp3) is 0.357. The van der Waals surface area contributed by atoms with Gasteiger partial charge < -0.3 is 15.0 Å². The Hall–Kier alpha value is -2.97. The second-order valence-electron chi connectivity index (χ2n) is 5.31. The Morgan fingerprint density at radius 2 is 2.26 bits per heavy atom. The molecule has 9 heteroatoms. The lowest BCUT2D eigenvalue weighted by atomic mass is 10.3. The van der Waals surface area contributed by atoms with Crippen molar-refractivity contribution in [2.45, 2.75) is 25.3 Å². The van der Waals surface area contributed by atoms with Crippen molar-refractivity contribution in [3.8, 4) is 0 Å². The number of aromatic nitrogens is 6. The van der Waals surface area contributed by atoms with Crippen LogP contribution in [0.15, 0.2) is 18.6 Å². The van der Waals surface area contributed by atoms with Crippen molar-refractivity contribution in [1.82, 2.24) is 29.7 Å². The van der Waals surface area contributed by atoms with E-state index in [-0.39, 0.29) is 6.47 Å². The highest BCUT2D eigenvalue weighted by molar-refractivity contribution is 5.70. The predicted molar refractivity (Wildman–Crippen MR) is 82.9 cm³/mol. The van der Waals surface area contributed by atoms with Gasteiger partial charge in [-0.3, -0.25) is 9.89 Å². The first-order valence-electron chi connectivity index (χ1n) is 7.21. The molecule has 3 aromatic heterocycles. The number of imidazole rings is 1. The Morgan fingerprint density at radius 3 is 3.00 bits per heavy atom. The third-order valence-electron chi connectivity index (χ3n) is 3.57. The van der Waals surface area contributed by atoms with E-state index in [1.54, 1.807) is 12.5 Å². The monoisotopic (exact) mass is 315 g/mol. The lowest BCUT2D eigenvalue weighted by molar-refractivity contribution is -0.122. The van der Waals surface area contributed by atoms with Crippen molar-refractivity contribution in [2.24, 2.45) is 7.05 Å². The molecule has 1 saturated carbocycles. The first-order valence-corrected chi connectivity index (χ1v) is 7.21. The Bertz CT molecular complexity index is 806. The van der Waals surface area contributed by atoms with Crippen LogP contribution in [0, 0.1) is 0 Å². The van der Waals surface area contributed by atoms with Gasteiger partial charge in [-0.25, -0.2) is 9.97 Å². The second kappa shape index (κ2) is 6.42. The van der Waals surface area contributed by atoms with Gasteiger partial charge in [-0.15, -0.1) is 0 Å². The van der Waals surface area contributed by atoms with Gasteiger partial charge in [-0.2, -0.15) is 10.1 Å². The minimum absolute atomic E-state index is 0.250. The number of anilines is 1. The van der Waals surface area contributed by atoms with Crippen molar-refractivity contribution in [3.63, 3.8) is 0 Å². The maximum Gasteiger partial charge on any atom is 0.290 e. The van der Waals surface area contributed by atoms with Gasteiger partial charge in [0.05, 0.1) is 30.5 Å². The molecule has 9 nitrogen and oxygen atoms in total. The van der Waals surface area contributed by atoms with E-state index in [2.05, 4.69) is 36.5 Å². The van der Waals surface area contributed by atoms with Crippen LogP contribution in [0.3, 0.4) is 0 Å². The number of nitrogens with zero attached hydrogens (tertiary/aromatic N) is 5. The third kappa shape index (κ3) is 3.44. The summed E-state index contributed by atoms with van der Waals surface area (Å²) in [6, 6.07) is 2.12. The van der Waals surface area contributed by atoms with E-state index in [9.17, 15) is 0 Å². The predicted octanol–water partition coefficient (Wildman–Crippen LogP) is 1.28. The zero-order valence-electron chi connectivity index (χ0n) is 12.6. The molecule has 1 aliphatic rings. The fourth-order valence-corrected chi connectivity index (χ4v) is 2.23. The maximum atomic E-state index is 8.36. The molecule has 0 aromatic carbocycles. The summed E-state index contributed by atoms with van der Waals surface area (Å²) in [6.45, 7) is 0.387. The summed E-state index contributed by atoms with van der Waals surface area (Å²) in [5.41, 5.74) is 3.85. The second-order valence-corrected chi connectivity index (χ2v) is 5.31. The molecule has 3 aromatic rings. The van der Waals surface area contributed by atoms with E-state index >= 15 is 0 Å². The van der Waals surface area contributed by atoms with Crippen LogP contribution in [-0.2, 0) is 18.4 Å². The summed E-state index contributed by atoms with van der Waals surface area (Å²) in [6.07, 6.45) is 6.04. The van der Waals surface area contributed by atoms with Crippen molar-refractivity contribution < 1.29 is 9.90 Å². The van der Waals surface area contributed by atoms with Crippen molar-refractivity contribution in [1.29, 1.82) is 0 Å². The molecule has 120 valence electrons. The van der Waals surface area contributed by atoms with E-state index < -0.39 is 0 Å². The van der Waals surface area contributed by atoms with E-state index in [0.717, 1.165) is 11.2 Å². The van der Waals surface area contributed by atoms with Crippen LogP contribution in [0.5, 0.6) is 0 Å². The molecule has 1 fully saturated rings. The molecule has 4 rings (SSSR count). The highest BCUT2D eigenvalue weighted by Crippen LogP contribution is 2.38. The fourth-order valence-electron chi connectivity index (χ4n) is 2.23. The van der Waals surface area contributed by atoms with Gasteiger partial charge in [-0.05, 0) is 18.9 Å². The average molecular weight is 315 g/mol. The Kier molecular flexibility index (Phi) is 4.18. The minimum atomic E-state index is -0.250. The number of fused-ring (bicyclic) bond motifs is 1. The SMILES string of the molecule is Cn1cnc2nc(NCc3cc(C4CC4)n[nH]3)ncc21.O=CO. The van der Waals surface area contributed by atoms with Gasteiger partial charge in [0.1, 0.15) is 5.52 Å². The van der Waals surface area contributed by atoms with Gasteiger partial charge in [0, 0.05) is 13.0 Å². The van der Waals surface area contributed by atoms with Gasteiger partial charge >= 0.3 is 0 Å². The summed E-state index contributed by atoms with van der Waals surface area (Å²) in [7, 11) is 1.93. The highest BCUT2D eigenvalue weighted by Gasteiger charge is 2.25. The molecule has 3 N–H and O–H groups in total. The van der Waals surface area contributed by atoms with Crippen LogP contribution in [0.25, 0.3) is 11.2 Å². The number of H-pyrrole nitrogens is 1. The van der Waals surface area contributed by atoms with Crippen molar-refractivity contribution >= 4 is 23.6 Å². The van der Waals surface area contributed by atoms with Gasteiger partial charge in [0.25, 0.3) is 6.47 Å². The van der Waals surface area contributed by atoms with Crippen LogP contribution in [0.1, 0.15) is 30.1 Å². The number of aromatic amines is 1. The van der Waals surface area contributed by atoms with Crippen molar-refractivity contribution in [2.75, 3.05) is 5.32 Å². The molecule has 0 radical (unpaired) electrons. The van der Waals surface area contributed by atoms with E-state index in [1.807, 2.05) is 11.6 Å². The summed E-state index contributed by atoms with van der Waals surface area (Å²) in [4.78, 5) is 21.3. The Morgan fingerprint density at radius 1 is 1.48 bits per heavy atom. The van der Waals surface area contributed by atoms with Gasteiger partial charge in [-0.1, -0.05) is 0 Å². The van der Waals surface area contributed by atoms with E-state index in [0.29, 0.717) is 24.1 Å². The molecule has 0 amide bonds. The molecule has 0 aliphatic heterocycles. The molecule has 1 aliphatic carbocycles. The summed E-state index contributed by atoms with van der Waals surface area (Å²) < 4.78 is 1.90. The van der Waals surface area contributed by atoms with Crippen LogP contribution < -0.4 is 5.32 Å². The zero-order chi connectivity index (χ0) is 16.2. The average Bonchev–Trinajstić information content (AvgIpc) is 3.19. The number of hydrogen-bond acceptors (Lipinski definition) is 6. The number of carbonyl (C=O) groups is 1. The van der Waals surface area contributed by atoms with Gasteiger partial charge in [0.2, 0.25) is 5.95 Å².